The van der Waals surface area contributed by atoms with E-state index < -0.39 is 0 Å². The van der Waals surface area contributed by atoms with Gasteiger partial charge < -0.3 is 5.73 Å². The summed E-state index contributed by atoms with van der Waals surface area (Å²) >= 11 is 0. The number of aromatic nitrogens is 3. The summed E-state index contributed by atoms with van der Waals surface area (Å²) < 4.78 is 1.81. The van der Waals surface area contributed by atoms with E-state index in [-0.39, 0.29) is 0 Å². The van der Waals surface area contributed by atoms with Crippen molar-refractivity contribution in [2.24, 2.45) is 12.8 Å². The molecule has 0 spiro atoms. The van der Waals surface area contributed by atoms with Gasteiger partial charge >= 0.3 is 0 Å². The first-order valence-corrected chi connectivity index (χ1v) is 4.85. The van der Waals surface area contributed by atoms with Gasteiger partial charge in [0.1, 0.15) is 0 Å². The van der Waals surface area contributed by atoms with E-state index in [1.807, 2.05) is 26.4 Å². The molecular formula is C11H14N4. The maximum atomic E-state index is 5.58. The van der Waals surface area contributed by atoms with E-state index in [0.717, 1.165) is 22.4 Å². The van der Waals surface area contributed by atoms with Crippen molar-refractivity contribution in [1.82, 2.24) is 14.8 Å². The summed E-state index contributed by atoms with van der Waals surface area (Å²) in [4.78, 5) is 4.17. The van der Waals surface area contributed by atoms with Crippen LogP contribution >= 0.6 is 0 Å². The van der Waals surface area contributed by atoms with Gasteiger partial charge in [0.05, 0.1) is 5.69 Å². The highest BCUT2D eigenvalue weighted by atomic mass is 15.2. The second-order valence-corrected chi connectivity index (χ2v) is 3.59. The molecule has 0 bridgehead atoms. The van der Waals surface area contributed by atoms with Gasteiger partial charge in [0.25, 0.3) is 0 Å². The van der Waals surface area contributed by atoms with Crippen LogP contribution in [0.4, 0.5) is 0 Å². The minimum Gasteiger partial charge on any atom is -0.326 e. The molecule has 78 valence electrons. The van der Waals surface area contributed by atoms with Crippen LogP contribution in [0.15, 0.2) is 24.7 Å². The van der Waals surface area contributed by atoms with Crippen LogP contribution in [-0.2, 0) is 13.6 Å². The van der Waals surface area contributed by atoms with E-state index in [1.54, 1.807) is 10.9 Å². The molecular weight excluding hydrogens is 188 g/mol. The quantitative estimate of drug-likeness (QED) is 0.797. The molecule has 0 radical (unpaired) electrons. The van der Waals surface area contributed by atoms with Gasteiger partial charge in [-0.25, -0.2) is 0 Å². The Kier molecular flexibility index (Phi) is 2.51. The second kappa shape index (κ2) is 3.82. The van der Waals surface area contributed by atoms with Gasteiger partial charge in [-0.1, -0.05) is 0 Å². The lowest BCUT2D eigenvalue weighted by atomic mass is 10.1. The van der Waals surface area contributed by atoms with Gasteiger partial charge in [-0.2, -0.15) is 5.10 Å². The maximum Gasteiger partial charge on any atom is 0.0672 e. The van der Waals surface area contributed by atoms with Gasteiger partial charge in [-0.15, -0.1) is 0 Å². The Morgan fingerprint density at radius 1 is 1.40 bits per heavy atom. The zero-order valence-electron chi connectivity index (χ0n) is 8.94. The molecule has 4 heteroatoms. The fourth-order valence-electron chi connectivity index (χ4n) is 1.63. The molecule has 0 saturated carbocycles. The first kappa shape index (κ1) is 9.86. The summed E-state index contributed by atoms with van der Waals surface area (Å²) in [7, 11) is 1.91. The van der Waals surface area contributed by atoms with Gasteiger partial charge in [0, 0.05) is 43.3 Å². The van der Waals surface area contributed by atoms with Crippen molar-refractivity contribution in [2.45, 2.75) is 13.5 Å². The second-order valence-electron chi connectivity index (χ2n) is 3.59. The minimum absolute atomic E-state index is 0.514. The molecule has 2 heterocycles. The molecule has 0 aliphatic heterocycles. The van der Waals surface area contributed by atoms with Crippen molar-refractivity contribution < 1.29 is 0 Å². The molecule has 4 nitrogen and oxygen atoms in total. The molecule has 0 fully saturated rings. The highest BCUT2D eigenvalue weighted by Crippen LogP contribution is 2.21. The van der Waals surface area contributed by atoms with Gasteiger partial charge in [-0.3, -0.25) is 9.67 Å². The third-order valence-electron chi connectivity index (χ3n) is 2.36. The van der Waals surface area contributed by atoms with E-state index >= 15 is 0 Å². The van der Waals surface area contributed by atoms with Crippen LogP contribution in [0, 0.1) is 6.92 Å². The maximum absolute atomic E-state index is 5.58. The van der Waals surface area contributed by atoms with Crippen LogP contribution < -0.4 is 5.73 Å². The van der Waals surface area contributed by atoms with Crippen molar-refractivity contribution in [3.63, 3.8) is 0 Å². The normalized spacial score (nSPS) is 10.6. The molecule has 0 atom stereocenters. The summed E-state index contributed by atoms with van der Waals surface area (Å²) in [6.45, 7) is 2.50. The van der Waals surface area contributed by atoms with Gasteiger partial charge in [-0.05, 0) is 18.6 Å². The number of hydrogen-bond acceptors (Lipinski definition) is 3. The van der Waals surface area contributed by atoms with Crippen molar-refractivity contribution in [3.05, 3.63) is 35.9 Å². The van der Waals surface area contributed by atoms with Crippen LogP contribution in [0.3, 0.4) is 0 Å². The Hall–Kier alpha value is -1.68. The number of rotatable bonds is 2. The first-order chi connectivity index (χ1) is 7.20. The molecule has 2 rings (SSSR count). The van der Waals surface area contributed by atoms with Crippen molar-refractivity contribution in [1.29, 1.82) is 0 Å². The number of pyridine rings is 1. The van der Waals surface area contributed by atoms with E-state index in [4.69, 9.17) is 5.73 Å². The van der Waals surface area contributed by atoms with Crippen molar-refractivity contribution in [3.8, 4) is 11.1 Å². The third kappa shape index (κ3) is 1.89. The predicted octanol–water partition coefficient (Wildman–Crippen LogP) is 1.25. The Balaban J connectivity index is 2.49. The summed E-state index contributed by atoms with van der Waals surface area (Å²) in [6, 6.07) is 2.05. The molecule has 15 heavy (non-hydrogen) atoms. The van der Waals surface area contributed by atoms with E-state index in [2.05, 4.69) is 16.1 Å². The van der Waals surface area contributed by atoms with Crippen LogP contribution in [0.2, 0.25) is 0 Å². The smallest absolute Gasteiger partial charge is 0.0672 e. The van der Waals surface area contributed by atoms with E-state index in [1.165, 1.54) is 0 Å². The highest BCUT2D eigenvalue weighted by molar-refractivity contribution is 5.64. The lowest BCUT2D eigenvalue weighted by Gasteiger charge is -2.01. The molecule has 0 aliphatic carbocycles. The van der Waals surface area contributed by atoms with Crippen LogP contribution in [0.5, 0.6) is 0 Å². The first-order valence-electron chi connectivity index (χ1n) is 4.85. The summed E-state index contributed by atoms with van der Waals surface area (Å²) in [5.41, 5.74) is 9.81. The Morgan fingerprint density at radius 2 is 2.20 bits per heavy atom. The van der Waals surface area contributed by atoms with Crippen molar-refractivity contribution >= 4 is 0 Å². The summed E-state index contributed by atoms with van der Waals surface area (Å²) in [5.74, 6) is 0. The average molecular weight is 202 g/mol. The number of aryl methyl sites for hydroxylation is 2. The molecule has 0 aliphatic rings. The van der Waals surface area contributed by atoms with E-state index in [9.17, 15) is 0 Å². The van der Waals surface area contributed by atoms with Gasteiger partial charge in [0.2, 0.25) is 0 Å². The molecule has 0 amide bonds. The van der Waals surface area contributed by atoms with Crippen LogP contribution in [-0.4, -0.2) is 14.8 Å². The lowest BCUT2D eigenvalue weighted by molar-refractivity contribution is 0.756. The zero-order valence-corrected chi connectivity index (χ0v) is 8.94. The predicted molar refractivity (Wildman–Crippen MR) is 59.1 cm³/mol. The van der Waals surface area contributed by atoms with E-state index in [0.29, 0.717) is 6.54 Å². The molecule has 2 aromatic rings. The topological polar surface area (TPSA) is 56.7 Å². The Bertz CT molecular complexity index is 473. The Morgan fingerprint density at radius 3 is 2.80 bits per heavy atom. The Labute approximate surface area is 88.8 Å². The monoisotopic (exact) mass is 202 g/mol. The standard InChI is InChI=1S/C11H14N4/c1-8-11(7-15(2)14-8)10-3-9(4-12)5-13-6-10/h3,5-7H,4,12H2,1-2H3. The largest absolute Gasteiger partial charge is 0.326 e. The highest BCUT2D eigenvalue weighted by Gasteiger charge is 2.06. The third-order valence-corrected chi connectivity index (χ3v) is 2.36. The molecule has 0 saturated heterocycles. The fraction of sp³-hybridized carbons (Fsp3) is 0.273. The van der Waals surface area contributed by atoms with Gasteiger partial charge in [0.15, 0.2) is 0 Å². The summed E-state index contributed by atoms with van der Waals surface area (Å²) in [5, 5.41) is 4.30. The van der Waals surface area contributed by atoms with Crippen LogP contribution in [0.25, 0.3) is 11.1 Å². The number of hydrogen-bond donors (Lipinski definition) is 1. The average Bonchev–Trinajstić information content (AvgIpc) is 2.58. The molecule has 2 N–H and O–H groups in total. The fourth-order valence-corrected chi connectivity index (χ4v) is 1.63. The van der Waals surface area contributed by atoms with Crippen molar-refractivity contribution in [2.75, 3.05) is 0 Å². The number of nitrogens with zero attached hydrogens (tertiary/aromatic N) is 3. The zero-order chi connectivity index (χ0) is 10.8. The molecule has 2 aromatic heterocycles. The number of nitrogens with two attached hydrogens (primary N) is 1. The lowest BCUT2D eigenvalue weighted by Crippen LogP contribution is -1.97. The van der Waals surface area contributed by atoms with Crippen LogP contribution in [0.1, 0.15) is 11.3 Å². The SMILES string of the molecule is Cc1nn(C)cc1-c1cncc(CN)c1. The minimum atomic E-state index is 0.514. The molecule has 0 unspecified atom stereocenters. The summed E-state index contributed by atoms with van der Waals surface area (Å²) in [6.07, 6.45) is 5.62. The molecule has 0 aromatic carbocycles.